The van der Waals surface area contributed by atoms with Gasteiger partial charge in [-0.3, -0.25) is 4.79 Å². The molecular weight excluding hydrogens is 337 g/mol. The van der Waals surface area contributed by atoms with E-state index in [-0.39, 0.29) is 13.0 Å². The molecule has 0 aliphatic carbocycles. The fraction of sp³-hybridized carbons (Fsp3) is 0.333. The highest BCUT2D eigenvalue weighted by molar-refractivity contribution is 9.10. The number of halogens is 2. The molecule has 0 radical (unpaired) electrons. The van der Waals surface area contributed by atoms with Crippen molar-refractivity contribution in [1.29, 1.82) is 0 Å². The predicted molar refractivity (Wildman–Crippen MR) is 72.4 cm³/mol. The van der Waals surface area contributed by atoms with Crippen molar-refractivity contribution in [3.8, 4) is 0 Å². The molecule has 1 aliphatic rings. The van der Waals surface area contributed by atoms with E-state index >= 15 is 0 Å². The number of carbonyl (C=O) groups excluding carboxylic acids is 1. The Kier molecular flexibility index (Phi) is 4.13. The normalized spacial score (nSPS) is 22.2. The summed E-state index contributed by atoms with van der Waals surface area (Å²) in [5, 5.41) is 12.1. The number of hydrogen-bond donors (Lipinski definition) is 2. The largest absolute Gasteiger partial charge is 0.479 e. The molecule has 5 nitrogen and oxygen atoms in total. The van der Waals surface area contributed by atoms with Crippen LogP contribution in [0, 0.1) is 0 Å². The highest BCUT2D eigenvalue weighted by Crippen LogP contribution is 2.24. The van der Waals surface area contributed by atoms with Crippen molar-refractivity contribution in [2.45, 2.75) is 12.0 Å². The minimum absolute atomic E-state index is 0.0294. The molecular formula is C12H11BrClNO4. The van der Waals surface area contributed by atoms with Crippen molar-refractivity contribution in [2.75, 3.05) is 13.2 Å². The Morgan fingerprint density at radius 2 is 2.21 bits per heavy atom. The third-order valence-corrected chi connectivity index (χ3v) is 4.20. The second-order valence-electron chi connectivity index (χ2n) is 4.27. The van der Waals surface area contributed by atoms with Gasteiger partial charge < -0.3 is 15.2 Å². The summed E-state index contributed by atoms with van der Waals surface area (Å²) in [6, 6.07) is 4.68. The second-order valence-corrected chi connectivity index (χ2v) is 5.53. The first kappa shape index (κ1) is 14.3. The van der Waals surface area contributed by atoms with Gasteiger partial charge in [-0.05, 0) is 34.1 Å². The molecule has 19 heavy (non-hydrogen) atoms. The first-order valence-corrected chi connectivity index (χ1v) is 6.70. The molecule has 0 aromatic heterocycles. The van der Waals surface area contributed by atoms with E-state index in [1.165, 1.54) is 6.07 Å². The van der Waals surface area contributed by atoms with Crippen molar-refractivity contribution in [3.05, 3.63) is 33.3 Å². The molecule has 102 valence electrons. The Morgan fingerprint density at radius 1 is 1.47 bits per heavy atom. The average molecular weight is 349 g/mol. The first-order chi connectivity index (χ1) is 8.94. The quantitative estimate of drug-likeness (QED) is 0.877. The zero-order valence-electron chi connectivity index (χ0n) is 9.78. The molecule has 2 rings (SSSR count). The molecule has 1 aromatic carbocycles. The Labute approximate surface area is 123 Å². The van der Waals surface area contributed by atoms with Gasteiger partial charge in [0.05, 0.1) is 11.6 Å². The summed E-state index contributed by atoms with van der Waals surface area (Å²) in [6.45, 7) is 0.284. The number of ether oxygens (including phenoxy) is 1. The molecule has 7 heteroatoms. The van der Waals surface area contributed by atoms with Crippen LogP contribution in [0.1, 0.15) is 16.8 Å². The average Bonchev–Trinajstić information content (AvgIpc) is 2.82. The highest BCUT2D eigenvalue weighted by atomic mass is 79.9. The lowest BCUT2D eigenvalue weighted by molar-refractivity contribution is -0.144. The van der Waals surface area contributed by atoms with Gasteiger partial charge in [-0.25, -0.2) is 4.79 Å². The molecule has 1 amide bonds. The van der Waals surface area contributed by atoms with E-state index in [1.807, 2.05) is 0 Å². The number of benzene rings is 1. The van der Waals surface area contributed by atoms with Crippen LogP contribution < -0.4 is 5.32 Å². The van der Waals surface area contributed by atoms with Gasteiger partial charge in [0.1, 0.15) is 0 Å². The van der Waals surface area contributed by atoms with E-state index < -0.39 is 17.4 Å². The Bertz CT molecular complexity index is 528. The van der Waals surface area contributed by atoms with E-state index in [0.717, 1.165) is 0 Å². The molecule has 0 bridgehead atoms. The molecule has 1 fully saturated rings. The van der Waals surface area contributed by atoms with Crippen molar-refractivity contribution in [2.24, 2.45) is 0 Å². The lowest BCUT2D eigenvalue weighted by atomic mass is 9.98. The maximum atomic E-state index is 12.1. The zero-order chi connectivity index (χ0) is 14.0. The number of hydrogen-bond acceptors (Lipinski definition) is 3. The maximum absolute atomic E-state index is 12.1. The van der Waals surface area contributed by atoms with Gasteiger partial charge in [0.2, 0.25) is 0 Å². The summed E-state index contributed by atoms with van der Waals surface area (Å²) in [5.41, 5.74) is -1.04. The lowest BCUT2D eigenvalue weighted by Crippen LogP contribution is -2.55. The number of carboxylic acids is 1. The van der Waals surface area contributed by atoms with Crippen molar-refractivity contribution < 1.29 is 19.4 Å². The van der Waals surface area contributed by atoms with E-state index in [1.54, 1.807) is 12.1 Å². The van der Waals surface area contributed by atoms with Gasteiger partial charge in [0, 0.05) is 23.1 Å². The van der Waals surface area contributed by atoms with Crippen LogP contribution in [0.2, 0.25) is 5.02 Å². The fourth-order valence-electron chi connectivity index (χ4n) is 1.81. The molecule has 1 unspecified atom stereocenters. The number of carboxylic acid groups (broad SMARTS) is 1. The summed E-state index contributed by atoms with van der Waals surface area (Å²) in [7, 11) is 0. The van der Waals surface area contributed by atoms with E-state index in [9.17, 15) is 14.7 Å². The molecule has 1 heterocycles. The van der Waals surface area contributed by atoms with Crippen LogP contribution in [0.4, 0.5) is 0 Å². The van der Waals surface area contributed by atoms with Crippen LogP contribution in [-0.4, -0.2) is 35.7 Å². The molecule has 1 aliphatic heterocycles. The number of rotatable bonds is 3. The lowest BCUT2D eigenvalue weighted by Gasteiger charge is -2.23. The fourth-order valence-corrected chi connectivity index (χ4v) is 2.24. The number of aliphatic carboxylic acids is 1. The van der Waals surface area contributed by atoms with Crippen molar-refractivity contribution >= 4 is 39.4 Å². The molecule has 1 saturated heterocycles. The molecule has 1 atom stereocenters. The molecule has 2 N–H and O–H groups in total. The van der Waals surface area contributed by atoms with Crippen LogP contribution in [-0.2, 0) is 9.53 Å². The Balaban J connectivity index is 2.20. The van der Waals surface area contributed by atoms with E-state index in [2.05, 4.69) is 21.2 Å². The summed E-state index contributed by atoms with van der Waals surface area (Å²) in [6.07, 6.45) is 0.248. The summed E-state index contributed by atoms with van der Waals surface area (Å²) < 4.78 is 5.74. The third kappa shape index (κ3) is 2.91. The third-order valence-electron chi connectivity index (χ3n) is 2.97. The first-order valence-electron chi connectivity index (χ1n) is 5.53. The van der Waals surface area contributed by atoms with Gasteiger partial charge in [-0.15, -0.1) is 0 Å². The van der Waals surface area contributed by atoms with Gasteiger partial charge in [0.25, 0.3) is 5.91 Å². The Morgan fingerprint density at radius 3 is 2.74 bits per heavy atom. The maximum Gasteiger partial charge on any atom is 0.331 e. The number of nitrogens with one attached hydrogen (secondary N) is 1. The van der Waals surface area contributed by atoms with Gasteiger partial charge in [0.15, 0.2) is 5.54 Å². The number of carbonyl (C=O) groups is 2. The Hall–Kier alpha value is -1.11. The SMILES string of the molecule is O=C(NC1(C(=O)O)CCOC1)c1ccc(Br)c(Cl)c1. The van der Waals surface area contributed by atoms with Gasteiger partial charge in [-0.1, -0.05) is 11.6 Å². The van der Waals surface area contributed by atoms with Crippen LogP contribution in [0.25, 0.3) is 0 Å². The molecule has 0 spiro atoms. The zero-order valence-corrected chi connectivity index (χ0v) is 12.1. The second kappa shape index (κ2) is 5.48. The van der Waals surface area contributed by atoms with Gasteiger partial charge in [-0.2, -0.15) is 0 Å². The van der Waals surface area contributed by atoms with Crippen LogP contribution in [0.3, 0.4) is 0 Å². The predicted octanol–water partition coefficient (Wildman–Crippen LogP) is 2.08. The summed E-state index contributed by atoms with van der Waals surface area (Å²) in [5.74, 6) is -1.58. The molecule has 1 aromatic rings. The molecule has 0 saturated carbocycles. The van der Waals surface area contributed by atoms with Crippen LogP contribution in [0.5, 0.6) is 0 Å². The van der Waals surface area contributed by atoms with E-state index in [4.69, 9.17) is 16.3 Å². The van der Waals surface area contributed by atoms with Gasteiger partial charge >= 0.3 is 5.97 Å². The topological polar surface area (TPSA) is 75.6 Å². The standard InChI is InChI=1S/C12H11BrClNO4/c13-8-2-1-7(5-9(8)14)10(16)15-12(11(17)18)3-4-19-6-12/h1-2,5H,3-4,6H2,(H,15,16)(H,17,18). The van der Waals surface area contributed by atoms with Crippen LogP contribution >= 0.6 is 27.5 Å². The summed E-state index contributed by atoms with van der Waals surface area (Å²) in [4.78, 5) is 23.4. The monoisotopic (exact) mass is 347 g/mol. The van der Waals surface area contributed by atoms with Crippen molar-refractivity contribution in [1.82, 2.24) is 5.32 Å². The minimum Gasteiger partial charge on any atom is -0.479 e. The minimum atomic E-state index is -1.35. The number of amides is 1. The van der Waals surface area contributed by atoms with E-state index in [0.29, 0.717) is 21.7 Å². The van der Waals surface area contributed by atoms with Crippen molar-refractivity contribution in [3.63, 3.8) is 0 Å². The smallest absolute Gasteiger partial charge is 0.331 e. The highest BCUT2D eigenvalue weighted by Gasteiger charge is 2.44. The summed E-state index contributed by atoms with van der Waals surface area (Å²) >= 11 is 9.13. The van der Waals surface area contributed by atoms with Crippen LogP contribution in [0.15, 0.2) is 22.7 Å².